The zero-order valence-corrected chi connectivity index (χ0v) is 10.9. The molecule has 0 aromatic carbocycles. The van der Waals surface area contributed by atoms with Crippen LogP contribution in [0.3, 0.4) is 0 Å². The number of aromatic hydroxyl groups is 1. The molecular weight excluding hydrogens is 228 g/mol. The third kappa shape index (κ3) is 2.49. The largest absolute Gasteiger partial charge is 0.506 e. The zero-order valence-electron chi connectivity index (χ0n) is 10.9. The van der Waals surface area contributed by atoms with Crippen LogP contribution >= 0.6 is 0 Å². The van der Waals surface area contributed by atoms with Crippen molar-refractivity contribution in [2.45, 2.75) is 51.7 Å². The predicted molar refractivity (Wildman–Crippen MR) is 70.1 cm³/mol. The number of rotatable bonds is 3. The summed E-state index contributed by atoms with van der Waals surface area (Å²) in [6, 6.07) is -0.200. The van der Waals surface area contributed by atoms with Crippen LogP contribution in [0.15, 0.2) is 6.20 Å². The molecule has 1 heterocycles. The van der Waals surface area contributed by atoms with Gasteiger partial charge in [0.15, 0.2) is 0 Å². The van der Waals surface area contributed by atoms with Crippen LogP contribution in [0.4, 0.5) is 0 Å². The highest BCUT2D eigenvalue weighted by atomic mass is 16.3. The Morgan fingerprint density at radius 3 is 2.67 bits per heavy atom. The zero-order chi connectivity index (χ0) is 13.1. The number of nitrogens with two attached hydrogens (primary N) is 1. The molecule has 0 spiro atoms. The Balaban J connectivity index is 2.32. The SMILES string of the molecule is Cc1ncc(CO)c([C@@H](N)C2CCCCC2)c1O. The Morgan fingerprint density at radius 1 is 1.39 bits per heavy atom. The fourth-order valence-corrected chi connectivity index (χ4v) is 2.88. The molecule has 2 rings (SSSR count). The third-order valence-electron chi connectivity index (χ3n) is 4.02. The van der Waals surface area contributed by atoms with Crippen molar-refractivity contribution in [3.05, 3.63) is 23.0 Å². The normalized spacial score (nSPS) is 18.8. The van der Waals surface area contributed by atoms with Gasteiger partial charge in [0.1, 0.15) is 5.75 Å². The Morgan fingerprint density at radius 2 is 2.06 bits per heavy atom. The van der Waals surface area contributed by atoms with Gasteiger partial charge in [-0.1, -0.05) is 19.3 Å². The molecule has 1 aromatic heterocycles. The molecule has 0 radical (unpaired) electrons. The second kappa shape index (κ2) is 5.67. The number of hydrogen-bond acceptors (Lipinski definition) is 4. The molecule has 100 valence electrons. The van der Waals surface area contributed by atoms with Gasteiger partial charge in [-0.2, -0.15) is 0 Å². The van der Waals surface area contributed by atoms with E-state index in [0.717, 1.165) is 12.8 Å². The average Bonchev–Trinajstić information content (AvgIpc) is 2.42. The van der Waals surface area contributed by atoms with E-state index in [0.29, 0.717) is 22.7 Å². The number of aliphatic hydroxyl groups excluding tert-OH is 1. The molecule has 4 heteroatoms. The molecule has 0 amide bonds. The Kier molecular flexibility index (Phi) is 4.19. The maximum Gasteiger partial charge on any atom is 0.141 e. The molecule has 1 aliphatic carbocycles. The first-order valence-corrected chi connectivity index (χ1v) is 6.69. The molecule has 0 aliphatic heterocycles. The monoisotopic (exact) mass is 250 g/mol. The summed E-state index contributed by atoms with van der Waals surface area (Å²) in [5.41, 5.74) is 8.24. The minimum Gasteiger partial charge on any atom is -0.506 e. The maximum absolute atomic E-state index is 10.2. The van der Waals surface area contributed by atoms with E-state index in [1.165, 1.54) is 19.3 Å². The van der Waals surface area contributed by atoms with Crippen LogP contribution in [0.2, 0.25) is 0 Å². The lowest BCUT2D eigenvalue weighted by Gasteiger charge is -2.29. The van der Waals surface area contributed by atoms with Gasteiger partial charge in [0, 0.05) is 23.4 Å². The lowest BCUT2D eigenvalue weighted by Crippen LogP contribution is -2.25. The summed E-state index contributed by atoms with van der Waals surface area (Å²) in [4.78, 5) is 4.07. The lowest BCUT2D eigenvalue weighted by molar-refractivity contribution is 0.268. The molecule has 4 nitrogen and oxygen atoms in total. The minimum absolute atomic E-state index is 0.128. The van der Waals surface area contributed by atoms with Gasteiger partial charge in [-0.25, -0.2) is 0 Å². The van der Waals surface area contributed by atoms with E-state index < -0.39 is 0 Å². The van der Waals surface area contributed by atoms with Gasteiger partial charge in [-0.3, -0.25) is 4.98 Å². The van der Waals surface area contributed by atoms with Gasteiger partial charge in [-0.15, -0.1) is 0 Å². The van der Waals surface area contributed by atoms with E-state index in [9.17, 15) is 10.2 Å². The molecule has 1 fully saturated rings. The summed E-state index contributed by atoms with van der Waals surface area (Å²) in [7, 11) is 0. The van der Waals surface area contributed by atoms with Crippen molar-refractivity contribution in [3.63, 3.8) is 0 Å². The highest BCUT2D eigenvalue weighted by Crippen LogP contribution is 2.38. The molecular formula is C14H22N2O2. The fraction of sp³-hybridized carbons (Fsp3) is 0.643. The Hall–Kier alpha value is -1.13. The first-order valence-electron chi connectivity index (χ1n) is 6.69. The Labute approximate surface area is 108 Å². The summed E-state index contributed by atoms with van der Waals surface area (Å²) in [5.74, 6) is 0.552. The van der Waals surface area contributed by atoms with Crippen LogP contribution in [0.1, 0.15) is 55.0 Å². The summed E-state index contributed by atoms with van der Waals surface area (Å²) in [5, 5.41) is 19.5. The molecule has 0 bridgehead atoms. The van der Waals surface area contributed by atoms with Crippen LogP contribution in [-0.2, 0) is 6.61 Å². The van der Waals surface area contributed by atoms with Crippen molar-refractivity contribution < 1.29 is 10.2 Å². The summed E-state index contributed by atoms with van der Waals surface area (Å²) >= 11 is 0. The molecule has 4 N–H and O–H groups in total. The van der Waals surface area contributed by atoms with Crippen molar-refractivity contribution in [1.29, 1.82) is 0 Å². The summed E-state index contributed by atoms with van der Waals surface area (Å²) in [6.07, 6.45) is 7.51. The van der Waals surface area contributed by atoms with Crippen molar-refractivity contribution in [2.75, 3.05) is 0 Å². The van der Waals surface area contributed by atoms with Crippen LogP contribution in [-0.4, -0.2) is 15.2 Å². The van der Waals surface area contributed by atoms with E-state index in [1.54, 1.807) is 13.1 Å². The van der Waals surface area contributed by atoms with Crippen LogP contribution in [0.25, 0.3) is 0 Å². The van der Waals surface area contributed by atoms with Crippen LogP contribution in [0.5, 0.6) is 5.75 Å². The van der Waals surface area contributed by atoms with Crippen molar-refractivity contribution in [1.82, 2.24) is 4.98 Å². The topological polar surface area (TPSA) is 79.4 Å². The average molecular weight is 250 g/mol. The van der Waals surface area contributed by atoms with Gasteiger partial charge < -0.3 is 15.9 Å². The van der Waals surface area contributed by atoms with Crippen molar-refractivity contribution in [3.8, 4) is 5.75 Å². The number of hydrogen-bond donors (Lipinski definition) is 3. The van der Waals surface area contributed by atoms with Crippen LogP contribution in [0, 0.1) is 12.8 Å². The summed E-state index contributed by atoms with van der Waals surface area (Å²) in [6.45, 7) is 1.63. The van der Waals surface area contributed by atoms with Crippen LogP contribution < -0.4 is 5.73 Å². The molecule has 1 atom stereocenters. The highest BCUT2D eigenvalue weighted by molar-refractivity contribution is 5.43. The van der Waals surface area contributed by atoms with E-state index in [4.69, 9.17) is 5.73 Å². The number of aryl methyl sites for hydroxylation is 1. The molecule has 1 saturated carbocycles. The van der Waals surface area contributed by atoms with Gasteiger partial charge in [0.25, 0.3) is 0 Å². The fourth-order valence-electron chi connectivity index (χ4n) is 2.88. The maximum atomic E-state index is 10.2. The summed E-state index contributed by atoms with van der Waals surface area (Å²) < 4.78 is 0. The number of nitrogens with zero attached hydrogens (tertiary/aromatic N) is 1. The van der Waals surface area contributed by atoms with Crippen molar-refractivity contribution >= 4 is 0 Å². The highest BCUT2D eigenvalue weighted by Gasteiger charge is 2.26. The standard InChI is InChI=1S/C14H22N2O2/c1-9-14(18)12(11(8-17)7-16-9)13(15)10-5-3-2-4-6-10/h7,10,13,17-18H,2-6,8,15H2,1H3/t13-/m0/s1. The minimum atomic E-state index is -0.200. The number of aliphatic hydroxyl groups is 1. The van der Waals surface area contributed by atoms with E-state index >= 15 is 0 Å². The lowest BCUT2D eigenvalue weighted by atomic mass is 9.80. The predicted octanol–water partition coefficient (Wildman–Crippen LogP) is 2.17. The quantitative estimate of drug-likeness (QED) is 0.768. The van der Waals surface area contributed by atoms with Gasteiger partial charge in [-0.05, 0) is 25.7 Å². The van der Waals surface area contributed by atoms with E-state index in [-0.39, 0.29) is 18.4 Å². The van der Waals surface area contributed by atoms with Gasteiger partial charge >= 0.3 is 0 Å². The molecule has 1 aliphatic rings. The number of pyridine rings is 1. The second-order valence-electron chi connectivity index (χ2n) is 5.21. The number of aromatic nitrogens is 1. The first-order chi connectivity index (χ1) is 8.65. The molecule has 1 aromatic rings. The van der Waals surface area contributed by atoms with Gasteiger partial charge in [0.2, 0.25) is 0 Å². The smallest absolute Gasteiger partial charge is 0.141 e. The Bertz CT molecular complexity index is 415. The molecule has 0 saturated heterocycles. The van der Waals surface area contributed by atoms with Crippen molar-refractivity contribution in [2.24, 2.45) is 11.7 Å². The molecule has 18 heavy (non-hydrogen) atoms. The van der Waals surface area contributed by atoms with E-state index in [2.05, 4.69) is 4.98 Å². The second-order valence-corrected chi connectivity index (χ2v) is 5.21. The third-order valence-corrected chi connectivity index (χ3v) is 4.02. The molecule has 0 unspecified atom stereocenters. The first kappa shape index (κ1) is 13.3. The van der Waals surface area contributed by atoms with E-state index in [1.807, 2.05) is 0 Å². The van der Waals surface area contributed by atoms with Gasteiger partial charge in [0.05, 0.1) is 12.3 Å².